The zero-order valence-corrected chi connectivity index (χ0v) is 16.1. The molecule has 28 heavy (non-hydrogen) atoms. The first-order valence-electron chi connectivity index (χ1n) is 9.28. The van der Waals surface area contributed by atoms with Gasteiger partial charge >= 0.3 is 6.18 Å². The van der Waals surface area contributed by atoms with Crippen molar-refractivity contribution in [1.82, 2.24) is 4.90 Å². The van der Waals surface area contributed by atoms with E-state index in [9.17, 15) is 23.1 Å². The Balaban J connectivity index is 2.26. The smallest absolute Gasteiger partial charge is 0.388 e. The van der Waals surface area contributed by atoms with Gasteiger partial charge in [0.1, 0.15) is 0 Å². The van der Waals surface area contributed by atoms with Crippen LogP contribution in [0, 0.1) is 0 Å². The van der Waals surface area contributed by atoms with Crippen molar-refractivity contribution in [3.63, 3.8) is 0 Å². The molecule has 0 aromatic heterocycles. The van der Waals surface area contributed by atoms with Crippen molar-refractivity contribution in [1.29, 1.82) is 0 Å². The predicted molar refractivity (Wildman–Crippen MR) is 103 cm³/mol. The normalized spacial score (nSPS) is 14.9. The summed E-state index contributed by atoms with van der Waals surface area (Å²) in [4.78, 5) is 14.2. The van der Waals surface area contributed by atoms with Crippen LogP contribution >= 0.6 is 0 Å². The number of amides is 1. The number of aliphatic hydroxyl groups is 1. The lowest BCUT2D eigenvalue weighted by Gasteiger charge is -2.32. The van der Waals surface area contributed by atoms with E-state index in [4.69, 9.17) is 0 Å². The van der Waals surface area contributed by atoms with E-state index in [0.717, 1.165) is 5.56 Å². The first-order valence-corrected chi connectivity index (χ1v) is 9.28. The van der Waals surface area contributed by atoms with E-state index in [1.54, 1.807) is 44.2 Å². The topological polar surface area (TPSA) is 40.5 Å². The minimum Gasteiger partial charge on any atom is -0.388 e. The molecule has 3 nitrogen and oxygen atoms in total. The Bertz CT molecular complexity index is 745. The van der Waals surface area contributed by atoms with Crippen LogP contribution in [0.2, 0.25) is 0 Å². The third kappa shape index (κ3) is 6.37. The Morgan fingerprint density at radius 2 is 1.57 bits per heavy atom. The molecule has 0 saturated heterocycles. The standard InChI is InChI=1S/C22H26F3NO2/c1-3-21(2,28)16-26(15-17-10-6-4-7-11-17)20(27)14-19(22(23,24)25)18-12-8-5-9-13-18/h4-13,19,28H,3,14-16H2,1-2H3/t19-,21+/m1/s1. The van der Waals surface area contributed by atoms with Crippen LogP contribution < -0.4 is 0 Å². The lowest BCUT2D eigenvalue weighted by Crippen LogP contribution is -2.44. The van der Waals surface area contributed by atoms with Gasteiger partial charge in [-0.3, -0.25) is 4.79 Å². The highest BCUT2D eigenvalue weighted by Gasteiger charge is 2.42. The number of benzene rings is 2. The molecule has 0 radical (unpaired) electrons. The van der Waals surface area contributed by atoms with E-state index in [-0.39, 0.29) is 18.7 Å². The average Bonchev–Trinajstić information content (AvgIpc) is 2.66. The van der Waals surface area contributed by atoms with E-state index in [1.165, 1.54) is 29.2 Å². The first-order chi connectivity index (χ1) is 13.1. The number of hydrogen-bond donors (Lipinski definition) is 1. The van der Waals surface area contributed by atoms with Crippen LogP contribution in [0.15, 0.2) is 60.7 Å². The zero-order valence-electron chi connectivity index (χ0n) is 16.1. The second kappa shape index (κ2) is 9.24. The molecule has 152 valence electrons. The van der Waals surface area contributed by atoms with Gasteiger partial charge in [0.15, 0.2) is 0 Å². The molecule has 0 aliphatic heterocycles. The highest BCUT2D eigenvalue weighted by molar-refractivity contribution is 5.77. The van der Waals surface area contributed by atoms with Crippen molar-refractivity contribution in [2.75, 3.05) is 6.54 Å². The quantitative estimate of drug-likeness (QED) is 0.692. The van der Waals surface area contributed by atoms with E-state index >= 15 is 0 Å². The highest BCUT2D eigenvalue weighted by Crippen LogP contribution is 2.38. The lowest BCUT2D eigenvalue weighted by atomic mass is 9.93. The SMILES string of the molecule is CC[C@](C)(O)CN(Cc1ccccc1)C(=O)C[C@H](c1ccccc1)C(F)(F)F. The summed E-state index contributed by atoms with van der Waals surface area (Å²) in [5.41, 5.74) is -0.318. The summed E-state index contributed by atoms with van der Waals surface area (Å²) in [5, 5.41) is 10.4. The molecule has 2 aromatic rings. The molecule has 0 fully saturated rings. The van der Waals surface area contributed by atoms with Gasteiger partial charge in [0.05, 0.1) is 11.5 Å². The molecule has 1 N–H and O–H groups in total. The third-order valence-corrected chi connectivity index (χ3v) is 4.84. The molecule has 0 bridgehead atoms. The van der Waals surface area contributed by atoms with Gasteiger partial charge in [-0.2, -0.15) is 13.2 Å². The molecule has 0 spiro atoms. The van der Waals surface area contributed by atoms with E-state index in [1.807, 2.05) is 6.07 Å². The molecule has 1 amide bonds. The Morgan fingerprint density at radius 1 is 1.04 bits per heavy atom. The number of carbonyl (C=O) groups is 1. The maximum absolute atomic E-state index is 13.6. The van der Waals surface area contributed by atoms with Crippen LogP contribution in [0.4, 0.5) is 13.2 Å². The fourth-order valence-electron chi connectivity index (χ4n) is 2.97. The van der Waals surface area contributed by atoms with Crippen LogP contribution in [0.1, 0.15) is 43.7 Å². The van der Waals surface area contributed by atoms with E-state index in [0.29, 0.717) is 6.42 Å². The van der Waals surface area contributed by atoms with Gasteiger partial charge in [-0.05, 0) is 24.5 Å². The number of rotatable bonds is 8. The van der Waals surface area contributed by atoms with Crippen molar-refractivity contribution in [3.8, 4) is 0 Å². The molecular weight excluding hydrogens is 367 g/mol. The molecule has 2 atom stereocenters. The third-order valence-electron chi connectivity index (χ3n) is 4.84. The molecule has 2 aromatic carbocycles. The maximum Gasteiger partial charge on any atom is 0.396 e. The predicted octanol–water partition coefficient (Wildman–Crippen LogP) is 4.91. The molecule has 0 unspecified atom stereocenters. The summed E-state index contributed by atoms with van der Waals surface area (Å²) >= 11 is 0. The second-order valence-corrected chi connectivity index (χ2v) is 7.29. The number of alkyl halides is 3. The number of hydrogen-bond acceptors (Lipinski definition) is 2. The molecule has 0 saturated carbocycles. The summed E-state index contributed by atoms with van der Waals surface area (Å²) in [6, 6.07) is 16.5. The summed E-state index contributed by atoms with van der Waals surface area (Å²) in [6.07, 6.45) is -4.85. The van der Waals surface area contributed by atoms with Gasteiger partial charge in [-0.1, -0.05) is 67.6 Å². The second-order valence-electron chi connectivity index (χ2n) is 7.29. The van der Waals surface area contributed by atoms with Crippen LogP contribution in [-0.2, 0) is 11.3 Å². The van der Waals surface area contributed by atoms with Crippen LogP contribution in [-0.4, -0.2) is 34.2 Å². The van der Waals surface area contributed by atoms with Crippen molar-refractivity contribution in [3.05, 3.63) is 71.8 Å². The van der Waals surface area contributed by atoms with Gasteiger partial charge in [0.2, 0.25) is 5.91 Å². The number of nitrogens with zero attached hydrogens (tertiary/aromatic N) is 1. The Hall–Kier alpha value is -2.34. The van der Waals surface area contributed by atoms with E-state index < -0.39 is 30.0 Å². The van der Waals surface area contributed by atoms with Gasteiger partial charge in [-0.15, -0.1) is 0 Å². The van der Waals surface area contributed by atoms with Gasteiger partial charge in [-0.25, -0.2) is 0 Å². The van der Waals surface area contributed by atoms with Crippen LogP contribution in [0.3, 0.4) is 0 Å². The summed E-state index contributed by atoms with van der Waals surface area (Å²) in [7, 11) is 0. The fourth-order valence-corrected chi connectivity index (χ4v) is 2.97. The van der Waals surface area contributed by atoms with Crippen molar-refractivity contribution in [2.24, 2.45) is 0 Å². The summed E-state index contributed by atoms with van der Waals surface area (Å²) in [6.45, 7) is 3.47. The molecule has 0 aliphatic rings. The van der Waals surface area contributed by atoms with Crippen molar-refractivity contribution >= 4 is 5.91 Å². The van der Waals surface area contributed by atoms with Gasteiger partial charge in [0, 0.05) is 19.5 Å². The first kappa shape index (κ1) is 22.0. The van der Waals surface area contributed by atoms with Gasteiger partial charge in [0.25, 0.3) is 0 Å². The average molecular weight is 393 g/mol. The summed E-state index contributed by atoms with van der Waals surface area (Å²) in [5.74, 6) is -2.52. The Morgan fingerprint density at radius 3 is 2.07 bits per heavy atom. The fraction of sp³-hybridized carbons (Fsp3) is 0.409. The Labute approximate surface area is 163 Å². The molecule has 0 aliphatic carbocycles. The van der Waals surface area contributed by atoms with Gasteiger partial charge < -0.3 is 10.0 Å². The van der Waals surface area contributed by atoms with E-state index in [2.05, 4.69) is 0 Å². The minimum absolute atomic E-state index is 0.0312. The minimum atomic E-state index is -4.54. The highest BCUT2D eigenvalue weighted by atomic mass is 19.4. The zero-order chi connectivity index (χ0) is 20.8. The largest absolute Gasteiger partial charge is 0.396 e. The molecule has 6 heteroatoms. The Kier molecular flexibility index (Phi) is 7.24. The van der Waals surface area contributed by atoms with Crippen LogP contribution in [0.25, 0.3) is 0 Å². The molecule has 2 rings (SSSR count). The number of halogens is 3. The monoisotopic (exact) mass is 393 g/mol. The summed E-state index contributed by atoms with van der Waals surface area (Å²) < 4.78 is 40.9. The lowest BCUT2D eigenvalue weighted by molar-refractivity contribution is -0.162. The molecular formula is C22H26F3NO2. The molecule has 0 heterocycles. The number of carbonyl (C=O) groups excluding carboxylic acids is 1. The van der Waals surface area contributed by atoms with Crippen molar-refractivity contribution < 1.29 is 23.1 Å². The van der Waals surface area contributed by atoms with Crippen LogP contribution in [0.5, 0.6) is 0 Å². The maximum atomic E-state index is 13.6. The van der Waals surface area contributed by atoms with Crippen molar-refractivity contribution in [2.45, 2.75) is 50.9 Å².